The lowest BCUT2D eigenvalue weighted by Gasteiger charge is -2.32. The van der Waals surface area contributed by atoms with Gasteiger partial charge in [0.1, 0.15) is 5.82 Å². The molecule has 0 aliphatic carbocycles. The van der Waals surface area contributed by atoms with Gasteiger partial charge in [-0.05, 0) is 33.5 Å². The number of hydrogen-bond donors (Lipinski definition) is 1. The van der Waals surface area contributed by atoms with Crippen molar-refractivity contribution in [3.05, 3.63) is 18.2 Å². The standard InChI is InChI=1S/C14H27N5/c1-13(14-16-6-8-18(14)3)15-5-4-7-19-11-9-17(2)10-12-19/h6,8,13,15H,4-5,7,9-12H2,1-3H3. The number of aromatic nitrogens is 2. The maximum absolute atomic E-state index is 4.38. The van der Waals surface area contributed by atoms with Gasteiger partial charge in [0.05, 0.1) is 6.04 Å². The maximum Gasteiger partial charge on any atom is 0.125 e. The summed E-state index contributed by atoms with van der Waals surface area (Å²) in [5, 5.41) is 3.55. The molecule has 5 heteroatoms. The first-order chi connectivity index (χ1) is 9.16. The first kappa shape index (κ1) is 14.5. The molecule has 1 atom stereocenters. The van der Waals surface area contributed by atoms with Gasteiger partial charge >= 0.3 is 0 Å². The molecule has 0 saturated carbocycles. The van der Waals surface area contributed by atoms with Gasteiger partial charge < -0.3 is 19.7 Å². The van der Waals surface area contributed by atoms with Crippen molar-refractivity contribution in [2.75, 3.05) is 46.3 Å². The fraction of sp³-hybridized carbons (Fsp3) is 0.786. The molecular weight excluding hydrogens is 238 g/mol. The van der Waals surface area contributed by atoms with Crippen LogP contribution in [0.5, 0.6) is 0 Å². The van der Waals surface area contributed by atoms with Crippen molar-refractivity contribution in [1.82, 2.24) is 24.7 Å². The van der Waals surface area contributed by atoms with E-state index in [1.54, 1.807) is 0 Å². The summed E-state index contributed by atoms with van der Waals surface area (Å²) < 4.78 is 2.08. The van der Waals surface area contributed by atoms with Gasteiger partial charge in [0.15, 0.2) is 0 Å². The Morgan fingerprint density at radius 1 is 1.26 bits per heavy atom. The molecule has 1 aliphatic rings. The van der Waals surface area contributed by atoms with E-state index in [-0.39, 0.29) is 0 Å². The average molecular weight is 265 g/mol. The highest BCUT2D eigenvalue weighted by Gasteiger charge is 2.13. The topological polar surface area (TPSA) is 36.3 Å². The molecule has 0 spiro atoms. The van der Waals surface area contributed by atoms with Gasteiger partial charge in [-0.2, -0.15) is 0 Å². The van der Waals surface area contributed by atoms with Crippen molar-refractivity contribution in [2.45, 2.75) is 19.4 Å². The lowest BCUT2D eigenvalue weighted by atomic mass is 10.2. The van der Waals surface area contributed by atoms with E-state index < -0.39 is 0 Å². The highest BCUT2D eigenvalue weighted by atomic mass is 15.2. The van der Waals surface area contributed by atoms with E-state index in [0.29, 0.717) is 6.04 Å². The second-order valence-corrected chi connectivity index (χ2v) is 5.57. The van der Waals surface area contributed by atoms with Crippen molar-refractivity contribution in [3.8, 4) is 0 Å². The molecule has 0 bridgehead atoms. The summed E-state index contributed by atoms with van der Waals surface area (Å²) in [6, 6.07) is 0.326. The van der Waals surface area contributed by atoms with Crippen LogP contribution in [-0.2, 0) is 7.05 Å². The van der Waals surface area contributed by atoms with Gasteiger partial charge in [0.2, 0.25) is 0 Å². The largest absolute Gasteiger partial charge is 0.337 e. The molecule has 1 aromatic rings. The van der Waals surface area contributed by atoms with Gasteiger partial charge in [-0.1, -0.05) is 0 Å². The number of aryl methyl sites for hydroxylation is 1. The third-order valence-corrected chi connectivity index (χ3v) is 3.94. The minimum atomic E-state index is 0.326. The Kier molecular flexibility index (Phi) is 5.36. The zero-order chi connectivity index (χ0) is 13.7. The van der Waals surface area contributed by atoms with Gasteiger partial charge in [0.25, 0.3) is 0 Å². The summed E-state index contributed by atoms with van der Waals surface area (Å²) in [4.78, 5) is 9.34. The van der Waals surface area contributed by atoms with Crippen molar-refractivity contribution >= 4 is 0 Å². The van der Waals surface area contributed by atoms with Crippen molar-refractivity contribution < 1.29 is 0 Å². The minimum Gasteiger partial charge on any atom is -0.337 e. The number of piperazine rings is 1. The molecule has 1 fully saturated rings. The molecule has 1 aliphatic heterocycles. The Labute approximate surface area is 116 Å². The van der Waals surface area contributed by atoms with Crippen LogP contribution in [0.3, 0.4) is 0 Å². The van der Waals surface area contributed by atoms with E-state index in [0.717, 1.165) is 12.4 Å². The number of imidazole rings is 1. The zero-order valence-corrected chi connectivity index (χ0v) is 12.5. The number of nitrogens with one attached hydrogen (secondary N) is 1. The van der Waals surface area contributed by atoms with E-state index in [9.17, 15) is 0 Å². The molecule has 1 saturated heterocycles. The van der Waals surface area contributed by atoms with Crippen LogP contribution in [0.4, 0.5) is 0 Å². The fourth-order valence-electron chi connectivity index (χ4n) is 2.58. The summed E-state index contributed by atoms with van der Waals surface area (Å²) >= 11 is 0. The summed E-state index contributed by atoms with van der Waals surface area (Å²) in [5.41, 5.74) is 0. The van der Waals surface area contributed by atoms with E-state index >= 15 is 0 Å². The second-order valence-electron chi connectivity index (χ2n) is 5.57. The quantitative estimate of drug-likeness (QED) is 0.769. The maximum atomic E-state index is 4.38. The Morgan fingerprint density at radius 2 is 2.00 bits per heavy atom. The van der Waals surface area contributed by atoms with Gasteiger partial charge in [0, 0.05) is 45.6 Å². The molecule has 0 radical (unpaired) electrons. The van der Waals surface area contributed by atoms with Crippen molar-refractivity contribution in [1.29, 1.82) is 0 Å². The Balaban J connectivity index is 1.60. The molecule has 108 valence electrons. The number of likely N-dealkylation sites (N-methyl/N-ethyl adjacent to an activating group) is 1. The summed E-state index contributed by atoms with van der Waals surface area (Å²) in [7, 11) is 4.25. The predicted octanol–water partition coefficient (Wildman–Crippen LogP) is 0.708. The molecule has 1 unspecified atom stereocenters. The Bertz CT molecular complexity index is 368. The summed E-state index contributed by atoms with van der Waals surface area (Å²) in [5.74, 6) is 1.11. The molecule has 2 heterocycles. The number of nitrogens with zero attached hydrogens (tertiary/aromatic N) is 4. The van der Waals surface area contributed by atoms with E-state index in [1.165, 1.54) is 39.1 Å². The molecule has 2 rings (SSSR count). The fourth-order valence-corrected chi connectivity index (χ4v) is 2.58. The van der Waals surface area contributed by atoms with Crippen LogP contribution in [0.2, 0.25) is 0 Å². The minimum absolute atomic E-state index is 0.326. The molecule has 5 nitrogen and oxygen atoms in total. The normalized spacial score (nSPS) is 19.7. The predicted molar refractivity (Wildman–Crippen MR) is 78.2 cm³/mol. The highest BCUT2D eigenvalue weighted by molar-refractivity contribution is 4.96. The highest BCUT2D eigenvalue weighted by Crippen LogP contribution is 2.08. The van der Waals surface area contributed by atoms with Crippen molar-refractivity contribution in [3.63, 3.8) is 0 Å². The third kappa shape index (κ3) is 4.30. The molecular formula is C14H27N5. The van der Waals surface area contributed by atoms with Gasteiger partial charge in [-0.15, -0.1) is 0 Å². The Hall–Kier alpha value is -0.910. The lowest BCUT2D eigenvalue weighted by molar-refractivity contribution is 0.152. The molecule has 0 aromatic carbocycles. The third-order valence-electron chi connectivity index (χ3n) is 3.94. The van der Waals surface area contributed by atoms with Crippen molar-refractivity contribution in [2.24, 2.45) is 7.05 Å². The lowest BCUT2D eigenvalue weighted by Crippen LogP contribution is -2.45. The van der Waals surface area contributed by atoms with Crippen LogP contribution in [0.1, 0.15) is 25.2 Å². The van der Waals surface area contributed by atoms with E-state index in [2.05, 4.69) is 38.6 Å². The summed E-state index contributed by atoms with van der Waals surface area (Å²) in [6.07, 6.45) is 5.06. The van der Waals surface area contributed by atoms with Gasteiger partial charge in [-0.3, -0.25) is 0 Å². The molecule has 1 aromatic heterocycles. The van der Waals surface area contributed by atoms with Crippen LogP contribution < -0.4 is 5.32 Å². The second kappa shape index (κ2) is 7.03. The molecule has 0 amide bonds. The first-order valence-electron chi connectivity index (χ1n) is 7.28. The van der Waals surface area contributed by atoms with Gasteiger partial charge in [-0.25, -0.2) is 4.98 Å². The zero-order valence-electron chi connectivity index (χ0n) is 12.5. The smallest absolute Gasteiger partial charge is 0.125 e. The van der Waals surface area contributed by atoms with Crippen LogP contribution in [0.25, 0.3) is 0 Å². The van der Waals surface area contributed by atoms with E-state index in [1.807, 2.05) is 19.4 Å². The van der Waals surface area contributed by atoms with Crippen LogP contribution in [0.15, 0.2) is 12.4 Å². The number of rotatable bonds is 6. The molecule has 19 heavy (non-hydrogen) atoms. The molecule has 1 N–H and O–H groups in total. The summed E-state index contributed by atoms with van der Waals surface area (Å²) in [6.45, 7) is 9.28. The first-order valence-corrected chi connectivity index (χ1v) is 7.28. The monoisotopic (exact) mass is 265 g/mol. The van der Waals surface area contributed by atoms with E-state index in [4.69, 9.17) is 0 Å². The van der Waals surface area contributed by atoms with Crippen LogP contribution in [0, 0.1) is 0 Å². The SMILES string of the molecule is CC(NCCCN1CCN(C)CC1)c1nccn1C. The Morgan fingerprint density at radius 3 is 2.63 bits per heavy atom. The van der Waals surface area contributed by atoms with Crippen LogP contribution in [-0.4, -0.2) is 65.7 Å². The van der Waals surface area contributed by atoms with Crippen LogP contribution >= 0.6 is 0 Å². The average Bonchev–Trinajstić information content (AvgIpc) is 2.83. The number of hydrogen-bond acceptors (Lipinski definition) is 4.